The molecule has 1 aliphatic heterocycles. The average molecular weight is 614 g/mol. The Morgan fingerprint density at radius 3 is 1.85 bits per heavy atom. The molecule has 0 saturated heterocycles. The number of hydrogen-bond donors (Lipinski definition) is 1. The van der Waals surface area contributed by atoms with E-state index in [9.17, 15) is 19.2 Å². The zero-order chi connectivity index (χ0) is 32.2. The SMILES string of the molecule is CCC1(n2[nH]c(=O)n(-c3ccccc3)c2=O)C(=Nc2ccc(C(C)C)cc2)n2c(=O)n(-c3ccccc3)c(=O)n2-c2ccccc21. The van der Waals surface area contributed by atoms with Crippen LogP contribution < -0.4 is 22.8 Å². The van der Waals surface area contributed by atoms with Crippen molar-refractivity contribution >= 4 is 11.5 Å². The van der Waals surface area contributed by atoms with Crippen molar-refractivity contribution in [3.8, 4) is 17.1 Å². The Balaban J connectivity index is 1.62. The number of aliphatic imine (C=N–C) groups is 1. The van der Waals surface area contributed by atoms with E-state index >= 15 is 0 Å². The Kier molecular flexibility index (Phi) is 6.81. The van der Waals surface area contributed by atoms with Crippen molar-refractivity contribution in [2.75, 3.05) is 0 Å². The highest BCUT2D eigenvalue weighted by molar-refractivity contribution is 5.98. The lowest BCUT2D eigenvalue weighted by atomic mass is 9.83. The van der Waals surface area contributed by atoms with Crippen molar-refractivity contribution in [2.24, 2.45) is 4.99 Å². The van der Waals surface area contributed by atoms with Crippen molar-refractivity contribution in [3.63, 3.8) is 0 Å². The molecule has 7 rings (SSSR count). The zero-order valence-corrected chi connectivity index (χ0v) is 25.5. The van der Waals surface area contributed by atoms with Crippen molar-refractivity contribution in [1.82, 2.24) is 28.3 Å². The summed E-state index contributed by atoms with van der Waals surface area (Å²) in [5.41, 5.74) is -0.802. The van der Waals surface area contributed by atoms with Crippen molar-refractivity contribution in [1.29, 1.82) is 0 Å². The monoisotopic (exact) mass is 613 g/mol. The smallest absolute Gasteiger partial charge is 0.246 e. The topological polar surface area (TPSA) is 121 Å². The van der Waals surface area contributed by atoms with Crippen molar-refractivity contribution in [2.45, 2.75) is 38.6 Å². The first-order valence-electron chi connectivity index (χ1n) is 15.1. The summed E-state index contributed by atoms with van der Waals surface area (Å²) in [6, 6.07) is 31.9. The molecule has 0 radical (unpaired) electrons. The molecular formula is C35H31N7O4. The first kappa shape index (κ1) is 28.8. The maximum Gasteiger partial charge on any atom is 0.358 e. The third kappa shape index (κ3) is 4.15. The number of aromatic nitrogens is 6. The number of rotatable bonds is 6. The van der Waals surface area contributed by atoms with Gasteiger partial charge in [0.05, 0.1) is 22.7 Å². The number of H-pyrrole nitrogens is 1. The average Bonchev–Trinajstić information content (AvgIpc) is 3.53. The van der Waals surface area contributed by atoms with Crippen LogP contribution in [0.5, 0.6) is 0 Å². The number of benzene rings is 4. The third-order valence-electron chi connectivity index (χ3n) is 8.60. The van der Waals surface area contributed by atoms with Gasteiger partial charge in [-0.25, -0.2) is 43.1 Å². The van der Waals surface area contributed by atoms with E-state index in [1.165, 1.54) is 14.0 Å². The maximum atomic E-state index is 14.5. The van der Waals surface area contributed by atoms with Gasteiger partial charge in [-0.1, -0.05) is 87.5 Å². The van der Waals surface area contributed by atoms with Gasteiger partial charge in [-0.3, -0.25) is 0 Å². The highest BCUT2D eigenvalue weighted by Crippen LogP contribution is 2.38. The minimum atomic E-state index is -1.51. The molecule has 230 valence electrons. The summed E-state index contributed by atoms with van der Waals surface area (Å²) in [5, 5.41) is 2.78. The first-order chi connectivity index (χ1) is 22.3. The van der Waals surface area contributed by atoms with E-state index in [0.717, 1.165) is 14.7 Å². The van der Waals surface area contributed by atoms with E-state index in [-0.39, 0.29) is 18.2 Å². The van der Waals surface area contributed by atoms with Crippen LogP contribution >= 0.6 is 0 Å². The van der Waals surface area contributed by atoms with Gasteiger partial charge in [0.2, 0.25) is 0 Å². The quantitative estimate of drug-likeness (QED) is 0.301. The molecule has 6 aromatic rings. The van der Waals surface area contributed by atoms with Crippen LogP contribution in [0.1, 0.15) is 44.2 Å². The minimum Gasteiger partial charge on any atom is -0.246 e. The van der Waals surface area contributed by atoms with Gasteiger partial charge in [0.15, 0.2) is 11.4 Å². The third-order valence-corrected chi connectivity index (χ3v) is 8.60. The Bertz CT molecular complexity index is 2350. The molecule has 0 saturated carbocycles. The normalized spacial score (nSPS) is 16.5. The zero-order valence-electron chi connectivity index (χ0n) is 25.5. The Morgan fingerprint density at radius 1 is 0.674 bits per heavy atom. The molecule has 2 aromatic heterocycles. The number of fused-ring (bicyclic) bond motifs is 3. The summed E-state index contributed by atoms with van der Waals surface area (Å²) < 4.78 is 5.89. The van der Waals surface area contributed by atoms with Gasteiger partial charge in [0, 0.05) is 5.56 Å². The van der Waals surface area contributed by atoms with E-state index in [4.69, 9.17) is 4.99 Å². The highest BCUT2D eigenvalue weighted by atomic mass is 16.2. The second kappa shape index (κ2) is 10.9. The molecule has 0 amide bonds. The van der Waals surface area contributed by atoms with Crippen molar-refractivity contribution in [3.05, 3.63) is 162 Å². The second-order valence-corrected chi connectivity index (χ2v) is 11.5. The van der Waals surface area contributed by atoms with Crippen LogP contribution in [-0.2, 0) is 5.54 Å². The molecule has 0 aliphatic carbocycles. The summed E-state index contributed by atoms with van der Waals surface area (Å²) in [6.07, 6.45) is 0.193. The van der Waals surface area contributed by atoms with Crippen LogP contribution in [0.3, 0.4) is 0 Å². The first-order valence-corrected chi connectivity index (χ1v) is 15.1. The number of para-hydroxylation sites is 3. The van der Waals surface area contributed by atoms with Crippen LogP contribution in [0.2, 0.25) is 0 Å². The molecular weight excluding hydrogens is 582 g/mol. The lowest BCUT2D eigenvalue weighted by Gasteiger charge is -2.39. The molecule has 0 fully saturated rings. The summed E-state index contributed by atoms with van der Waals surface area (Å²) in [6.45, 7) is 6.03. The molecule has 0 spiro atoms. The van der Waals surface area contributed by atoms with Gasteiger partial charge in [0.1, 0.15) is 0 Å². The molecule has 1 unspecified atom stereocenters. The fourth-order valence-electron chi connectivity index (χ4n) is 6.31. The largest absolute Gasteiger partial charge is 0.358 e. The predicted molar refractivity (Wildman–Crippen MR) is 177 cm³/mol. The van der Waals surface area contributed by atoms with Crippen LogP contribution in [-0.4, -0.2) is 34.1 Å². The Morgan fingerprint density at radius 2 is 1.24 bits per heavy atom. The standard InChI is InChI=1S/C35H31N7O4/c1-4-35(42-34(46)38(31(43)37-42)26-13-7-5-8-14-26)28-17-11-12-18-29(28)40-32(44)39(27-15-9-6-10-16-27)33(45)41(40)30(35)36-25-21-19-24(20-22-25)23(2)3/h5-23H,4H2,1-3H3,(H,37,43). The number of hydrogen-bond acceptors (Lipinski definition) is 5. The molecule has 46 heavy (non-hydrogen) atoms. The second-order valence-electron chi connectivity index (χ2n) is 11.5. The molecule has 1 atom stereocenters. The van der Waals surface area contributed by atoms with Gasteiger partial charge in [0.25, 0.3) is 0 Å². The van der Waals surface area contributed by atoms with Crippen LogP contribution in [0, 0.1) is 0 Å². The van der Waals surface area contributed by atoms with Gasteiger partial charge in [-0.15, -0.1) is 0 Å². The maximum absolute atomic E-state index is 14.5. The summed E-state index contributed by atoms with van der Waals surface area (Å²) in [4.78, 5) is 61.5. The Hall–Kier alpha value is -5.97. The van der Waals surface area contributed by atoms with E-state index in [1.807, 2.05) is 31.2 Å². The summed E-state index contributed by atoms with van der Waals surface area (Å²) in [5.74, 6) is 0.374. The van der Waals surface area contributed by atoms with E-state index < -0.39 is 28.3 Å². The molecule has 0 bridgehead atoms. The van der Waals surface area contributed by atoms with Gasteiger partial charge >= 0.3 is 22.8 Å². The number of nitrogens with zero attached hydrogens (tertiary/aromatic N) is 6. The number of aromatic amines is 1. The van der Waals surface area contributed by atoms with Gasteiger partial charge < -0.3 is 0 Å². The van der Waals surface area contributed by atoms with E-state index in [1.54, 1.807) is 84.9 Å². The Labute approximate surface area is 262 Å². The fraction of sp³-hybridized carbons (Fsp3) is 0.171. The molecule has 1 N–H and O–H groups in total. The summed E-state index contributed by atoms with van der Waals surface area (Å²) in [7, 11) is 0. The van der Waals surface area contributed by atoms with E-state index in [2.05, 4.69) is 18.9 Å². The fourth-order valence-corrected chi connectivity index (χ4v) is 6.31. The lowest BCUT2D eigenvalue weighted by Crippen LogP contribution is -2.57. The minimum absolute atomic E-state index is 0.0892. The van der Waals surface area contributed by atoms with Crippen molar-refractivity contribution < 1.29 is 0 Å². The molecule has 4 aromatic carbocycles. The lowest BCUT2D eigenvalue weighted by molar-refractivity contribution is 0.375. The van der Waals surface area contributed by atoms with Crippen LogP contribution in [0.4, 0.5) is 5.69 Å². The van der Waals surface area contributed by atoms with Crippen LogP contribution in [0.15, 0.2) is 133 Å². The van der Waals surface area contributed by atoms with Gasteiger partial charge in [-0.05, 0) is 60.4 Å². The highest BCUT2D eigenvalue weighted by Gasteiger charge is 2.49. The molecule has 11 heteroatoms. The molecule has 1 aliphatic rings. The van der Waals surface area contributed by atoms with Gasteiger partial charge in [-0.2, -0.15) is 9.36 Å². The molecule has 3 heterocycles. The predicted octanol–water partition coefficient (Wildman–Crippen LogP) is 4.30. The van der Waals surface area contributed by atoms with Crippen LogP contribution in [0.25, 0.3) is 17.1 Å². The number of nitrogens with one attached hydrogen (secondary N) is 1. The molecule has 11 nitrogen and oxygen atoms in total. The van der Waals surface area contributed by atoms with E-state index in [0.29, 0.717) is 28.3 Å². The summed E-state index contributed by atoms with van der Waals surface area (Å²) >= 11 is 0.